The molecule has 3 rings (SSSR count). The predicted molar refractivity (Wildman–Crippen MR) is 105 cm³/mol. The number of amides is 1. The molecule has 25 heavy (non-hydrogen) atoms. The van der Waals surface area contributed by atoms with Crippen molar-refractivity contribution in [1.82, 2.24) is 15.1 Å². The predicted octanol–water partition coefficient (Wildman–Crippen LogP) is 1.85. The van der Waals surface area contributed by atoms with Crippen LogP contribution in [0.1, 0.15) is 30.9 Å². The van der Waals surface area contributed by atoms with Crippen molar-refractivity contribution in [3.8, 4) is 0 Å². The van der Waals surface area contributed by atoms with Gasteiger partial charge in [0.2, 0.25) is 5.91 Å². The molecule has 0 bridgehead atoms. The minimum Gasteiger partial charge on any atom is -0.387 e. The molecule has 5 nitrogen and oxygen atoms in total. The molecule has 2 atom stereocenters. The van der Waals surface area contributed by atoms with Crippen LogP contribution < -0.4 is 5.32 Å². The monoisotopic (exact) mass is 389 g/mol. The largest absolute Gasteiger partial charge is 0.387 e. The molecule has 2 N–H and O–H groups in total. The Morgan fingerprint density at radius 3 is 2.44 bits per heavy atom. The first-order chi connectivity index (χ1) is 11.2. The fourth-order valence-corrected chi connectivity index (χ4v) is 3.48. The van der Waals surface area contributed by atoms with Crippen LogP contribution in [-0.4, -0.2) is 66.1 Å². The molecule has 2 saturated heterocycles. The number of β-amino-alcohol motifs (C(OH)–C–C–N with tert-alkyl or cyclic N) is 1. The number of aliphatic hydroxyl groups excluding tert-OH is 1. The molecule has 2 aliphatic heterocycles. The molecule has 142 valence electrons. The second-order valence-corrected chi connectivity index (χ2v) is 6.61. The molecule has 0 spiro atoms. The van der Waals surface area contributed by atoms with Crippen LogP contribution in [0.4, 0.5) is 0 Å². The summed E-state index contributed by atoms with van der Waals surface area (Å²) in [6, 6.07) is 10.1. The minimum absolute atomic E-state index is 0. The van der Waals surface area contributed by atoms with Crippen LogP contribution in [0.5, 0.6) is 0 Å². The van der Waals surface area contributed by atoms with E-state index in [2.05, 4.69) is 10.2 Å². The molecule has 0 aromatic heterocycles. The van der Waals surface area contributed by atoms with E-state index < -0.39 is 6.10 Å². The highest BCUT2D eigenvalue weighted by Gasteiger charge is 2.25. The Labute approximate surface area is 162 Å². The highest BCUT2D eigenvalue weighted by molar-refractivity contribution is 5.85. The van der Waals surface area contributed by atoms with Crippen LogP contribution in [0.25, 0.3) is 0 Å². The van der Waals surface area contributed by atoms with Crippen molar-refractivity contribution < 1.29 is 9.90 Å². The maximum atomic E-state index is 12.3. The van der Waals surface area contributed by atoms with E-state index in [-0.39, 0.29) is 30.7 Å². The van der Waals surface area contributed by atoms with Gasteiger partial charge in [-0.1, -0.05) is 30.3 Å². The van der Waals surface area contributed by atoms with Crippen molar-refractivity contribution in [3.05, 3.63) is 35.9 Å². The van der Waals surface area contributed by atoms with Gasteiger partial charge in [0, 0.05) is 45.2 Å². The zero-order chi connectivity index (χ0) is 16.1. The maximum absolute atomic E-state index is 12.3. The van der Waals surface area contributed by atoms with Gasteiger partial charge in [0.05, 0.1) is 6.10 Å². The molecule has 0 aliphatic carbocycles. The van der Waals surface area contributed by atoms with Gasteiger partial charge < -0.3 is 15.3 Å². The van der Waals surface area contributed by atoms with E-state index in [0.29, 0.717) is 19.0 Å². The molecule has 0 radical (unpaired) electrons. The average molecular weight is 390 g/mol. The topological polar surface area (TPSA) is 55.8 Å². The number of rotatable bonds is 5. The SMILES string of the molecule is Cl.Cl.O=C(CC1CCCN1)N1CCN(CC(O)c2ccccc2)CC1. The fourth-order valence-electron chi connectivity index (χ4n) is 3.48. The van der Waals surface area contributed by atoms with Crippen LogP contribution >= 0.6 is 24.8 Å². The minimum atomic E-state index is -0.457. The van der Waals surface area contributed by atoms with E-state index in [4.69, 9.17) is 0 Å². The first-order valence-electron chi connectivity index (χ1n) is 8.69. The maximum Gasteiger partial charge on any atom is 0.224 e. The molecule has 1 aromatic carbocycles. The summed E-state index contributed by atoms with van der Waals surface area (Å²) >= 11 is 0. The number of carbonyl (C=O) groups excluding carboxylic acids is 1. The standard InChI is InChI=1S/C18H27N3O2.2ClH/c22-17(15-5-2-1-3-6-15)14-20-9-11-21(12-10-20)18(23)13-16-7-4-8-19-16;;/h1-3,5-6,16-17,19,22H,4,7-14H2;2*1H. The Hall–Kier alpha value is -0.850. The van der Waals surface area contributed by atoms with Gasteiger partial charge in [0.25, 0.3) is 0 Å². The van der Waals surface area contributed by atoms with E-state index in [0.717, 1.165) is 44.7 Å². The van der Waals surface area contributed by atoms with Gasteiger partial charge >= 0.3 is 0 Å². The van der Waals surface area contributed by atoms with Crippen molar-refractivity contribution in [1.29, 1.82) is 0 Å². The summed E-state index contributed by atoms with van der Waals surface area (Å²) < 4.78 is 0. The summed E-state index contributed by atoms with van der Waals surface area (Å²) in [6.07, 6.45) is 2.48. The number of aliphatic hydroxyl groups is 1. The fraction of sp³-hybridized carbons (Fsp3) is 0.611. The van der Waals surface area contributed by atoms with Crippen molar-refractivity contribution in [3.63, 3.8) is 0 Å². The lowest BCUT2D eigenvalue weighted by Gasteiger charge is -2.36. The van der Waals surface area contributed by atoms with E-state index in [1.54, 1.807) is 0 Å². The van der Waals surface area contributed by atoms with Gasteiger partial charge in [-0.05, 0) is 24.9 Å². The van der Waals surface area contributed by atoms with Gasteiger partial charge in [-0.15, -0.1) is 24.8 Å². The van der Waals surface area contributed by atoms with Crippen molar-refractivity contribution >= 4 is 30.7 Å². The number of halogens is 2. The van der Waals surface area contributed by atoms with Crippen LogP contribution in [0.15, 0.2) is 30.3 Å². The van der Waals surface area contributed by atoms with Crippen LogP contribution in [0.3, 0.4) is 0 Å². The first kappa shape index (κ1) is 22.2. The molecular formula is C18H29Cl2N3O2. The number of piperazine rings is 1. The number of hydrogen-bond donors (Lipinski definition) is 2. The Bertz CT molecular complexity index is 504. The normalized spacial score (nSPS) is 22.0. The molecule has 2 heterocycles. The zero-order valence-electron chi connectivity index (χ0n) is 14.5. The second-order valence-electron chi connectivity index (χ2n) is 6.61. The van der Waals surface area contributed by atoms with Crippen molar-refractivity contribution in [2.75, 3.05) is 39.3 Å². The molecule has 1 aromatic rings. The lowest BCUT2D eigenvalue weighted by molar-refractivity contribution is -0.133. The quantitative estimate of drug-likeness (QED) is 0.806. The Balaban J connectivity index is 0.00000156. The third-order valence-corrected chi connectivity index (χ3v) is 4.92. The lowest BCUT2D eigenvalue weighted by Crippen LogP contribution is -2.50. The van der Waals surface area contributed by atoms with Gasteiger partial charge in [0.15, 0.2) is 0 Å². The van der Waals surface area contributed by atoms with Crippen molar-refractivity contribution in [2.45, 2.75) is 31.4 Å². The number of benzene rings is 1. The molecule has 2 fully saturated rings. The Kier molecular flexibility index (Phi) is 9.75. The summed E-state index contributed by atoms with van der Waals surface area (Å²) in [4.78, 5) is 16.5. The molecule has 7 heteroatoms. The molecule has 2 unspecified atom stereocenters. The first-order valence-corrected chi connectivity index (χ1v) is 8.69. The summed E-state index contributed by atoms with van der Waals surface area (Å²) in [5, 5.41) is 13.7. The Morgan fingerprint density at radius 2 is 1.84 bits per heavy atom. The number of nitrogens with one attached hydrogen (secondary N) is 1. The Morgan fingerprint density at radius 1 is 1.16 bits per heavy atom. The van der Waals surface area contributed by atoms with E-state index in [1.165, 1.54) is 6.42 Å². The van der Waals surface area contributed by atoms with Crippen LogP contribution in [0, 0.1) is 0 Å². The summed E-state index contributed by atoms with van der Waals surface area (Å²) in [7, 11) is 0. The summed E-state index contributed by atoms with van der Waals surface area (Å²) in [5.74, 6) is 0.271. The highest BCUT2D eigenvalue weighted by Crippen LogP contribution is 2.16. The summed E-state index contributed by atoms with van der Waals surface area (Å²) in [5.41, 5.74) is 0.957. The number of hydrogen-bond acceptors (Lipinski definition) is 4. The molecule has 1 amide bonds. The number of nitrogens with zero attached hydrogens (tertiary/aromatic N) is 2. The van der Waals surface area contributed by atoms with E-state index >= 15 is 0 Å². The zero-order valence-corrected chi connectivity index (χ0v) is 16.1. The number of carbonyl (C=O) groups is 1. The van der Waals surface area contributed by atoms with E-state index in [9.17, 15) is 9.90 Å². The third kappa shape index (κ3) is 6.42. The van der Waals surface area contributed by atoms with Crippen molar-refractivity contribution in [2.24, 2.45) is 0 Å². The van der Waals surface area contributed by atoms with Gasteiger partial charge in [-0.3, -0.25) is 9.69 Å². The highest BCUT2D eigenvalue weighted by atomic mass is 35.5. The molecule has 0 saturated carbocycles. The second kappa shape index (κ2) is 11.0. The van der Waals surface area contributed by atoms with E-state index in [1.807, 2.05) is 35.2 Å². The van der Waals surface area contributed by atoms with Gasteiger partial charge in [-0.25, -0.2) is 0 Å². The van der Waals surface area contributed by atoms with Gasteiger partial charge in [0.1, 0.15) is 0 Å². The van der Waals surface area contributed by atoms with Gasteiger partial charge in [-0.2, -0.15) is 0 Å². The average Bonchev–Trinajstić information content (AvgIpc) is 3.09. The van der Waals surface area contributed by atoms with Crippen LogP contribution in [-0.2, 0) is 4.79 Å². The third-order valence-electron chi connectivity index (χ3n) is 4.92. The lowest BCUT2D eigenvalue weighted by atomic mass is 10.1. The molecule has 2 aliphatic rings. The smallest absolute Gasteiger partial charge is 0.224 e. The molecular weight excluding hydrogens is 361 g/mol. The summed E-state index contributed by atoms with van der Waals surface area (Å²) in [6.45, 7) is 4.90. The van der Waals surface area contributed by atoms with Crippen LogP contribution in [0.2, 0.25) is 0 Å².